The molecule has 2 aromatic carbocycles. The van der Waals surface area contributed by atoms with E-state index in [-0.39, 0.29) is 17.4 Å². The molecule has 4 heteroatoms. The van der Waals surface area contributed by atoms with E-state index < -0.39 is 0 Å². The van der Waals surface area contributed by atoms with Gasteiger partial charge in [0.05, 0.1) is 13.2 Å². The zero-order valence-electron chi connectivity index (χ0n) is 20.6. The van der Waals surface area contributed by atoms with Crippen molar-refractivity contribution in [3.63, 3.8) is 0 Å². The molecule has 170 valence electrons. The fraction of sp³-hybridized carbons (Fsp3) is 0.519. The van der Waals surface area contributed by atoms with Gasteiger partial charge in [0.1, 0.15) is 5.75 Å². The molecule has 2 aromatic rings. The SMILES string of the molecule is CCCC(N(NCc1cccc(OC)c1CC)C(=O)c1cc(C)cc(C)c1)C(C)(C)C. The van der Waals surface area contributed by atoms with Crippen LogP contribution in [0.25, 0.3) is 0 Å². The molecule has 0 aromatic heterocycles. The van der Waals surface area contributed by atoms with Crippen LogP contribution in [0.2, 0.25) is 0 Å². The second-order valence-electron chi connectivity index (χ2n) is 9.51. The van der Waals surface area contributed by atoms with Crippen LogP contribution in [-0.4, -0.2) is 24.1 Å². The van der Waals surface area contributed by atoms with Crippen molar-refractivity contribution in [1.29, 1.82) is 0 Å². The van der Waals surface area contributed by atoms with E-state index in [0.29, 0.717) is 6.54 Å². The topological polar surface area (TPSA) is 41.6 Å². The number of methoxy groups -OCH3 is 1. The maximum Gasteiger partial charge on any atom is 0.268 e. The molecule has 0 saturated carbocycles. The van der Waals surface area contributed by atoms with Crippen LogP contribution in [0.15, 0.2) is 36.4 Å². The van der Waals surface area contributed by atoms with Crippen LogP contribution in [0, 0.1) is 19.3 Å². The number of aryl methyl sites for hydroxylation is 2. The van der Waals surface area contributed by atoms with E-state index in [4.69, 9.17) is 4.74 Å². The first-order valence-electron chi connectivity index (χ1n) is 11.4. The molecular weight excluding hydrogens is 384 g/mol. The van der Waals surface area contributed by atoms with Crippen LogP contribution in [0.3, 0.4) is 0 Å². The van der Waals surface area contributed by atoms with Gasteiger partial charge in [0, 0.05) is 12.1 Å². The second-order valence-corrected chi connectivity index (χ2v) is 9.51. The smallest absolute Gasteiger partial charge is 0.268 e. The summed E-state index contributed by atoms with van der Waals surface area (Å²) in [7, 11) is 1.71. The zero-order chi connectivity index (χ0) is 23.2. The number of nitrogens with one attached hydrogen (secondary N) is 1. The highest BCUT2D eigenvalue weighted by molar-refractivity contribution is 5.94. The molecule has 1 unspecified atom stereocenters. The zero-order valence-corrected chi connectivity index (χ0v) is 20.6. The lowest BCUT2D eigenvalue weighted by Crippen LogP contribution is -2.54. The highest BCUT2D eigenvalue weighted by Crippen LogP contribution is 2.29. The van der Waals surface area contributed by atoms with Crippen LogP contribution in [0.1, 0.15) is 80.1 Å². The largest absolute Gasteiger partial charge is 0.496 e. The predicted molar refractivity (Wildman–Crippen MR) is 129 cm³/mol. The molecule has 2 rings (SSSR count). The van der Waals surface area contributed by atoms with Gasteiger partial charge in [-0.05, 0) is 61.4 Å². The van der Waals surface area contributed by atoms with Crippen molar-refractivity contribution in [1.82, 2.24) is 10.4 Å². The minimum Gasteiger partial charge on any atom is -0.496 e. The van der Waals surface area contributed by atoms with E-state index in [9.17, 15) is 4.79 Å². The van der Waals surface area contributed by atoms with Gasteiger partial charge in [-0.3, -0.25) is 9.80 Å². The van der Waals surface area contributed by atoms with E-state index in [0.717, 1.165) is 47.3 Å². The molecule has 0 fully saturated rings. The summed E-state index contributed by atoms with van der Waals surface area (Å²) in [5.41, 5.74) is 8.74. The molecule has 0 aliphatic heterocycles. The summed E-state index contributed by atoms with van der Waals surface area (Å²) in [6, 6.07) is 12.3. The van der Waals surface area contributed by atoms with E-state index in [1.807, 2.05) is 43.1 Å². The fourth-order valence-corrected chi connectivity index (χ4v) is 4.32. The molecule has 1 amide bonds. The fourth-order valence-electron chi connectivity index (χ4n) is 4.32. The van der Waals surface area contributed by atoms with Gasteiger partial charge in [0.15, 0.2) is 0 Å². The van der Waals surface area contributed by atoms with Crippen molar-refractivity contribution in [2.24, 2.45) is 5.41 Å². The number of hydrazine groups is 1. The summed E-state index contributed by atoms with van der Waals surface area (Å²) in [6.07, 6.45) is 2.83. The predicted octanol–water partition coefficient (Wildman–Crippen LogP) is 6.24. The quantitative estimate of drug-likeness (QED) is 0.485. The summed E-state index contributed by atoms with van der Waals surface area (Å²) in [5.74, 6) is 0.927. The number of nitrogens with zero attached hydrogens (tertiary/aromatic N) is 1. The third-order valence-electron chi connectivity index (χ3n) is 5.80. The summed E-state index contributed by atoms with van der Waals surface area (Å²) < 4.78 is 5.56. The van der Waals surface area contributed by atoms with E-state index in [1.54, 1.807) is 7.11 Å². The summed E-state index contributed by atoms with van der Waals surface area (Å²) in [5, 5.41) is 1.89. The number of hydrogen-bond acceptors (Lipinski definition) is 3. The lowest BCUT2D eigenvalue weighted by molar-refractivity contribution is 0.0281. The van der Waals surface area contributed by atoms with Crippen molar-refractivity contribution in [2.75, 3.05) is 7.11 Å². The maximum absolute atomic E-state index is 13.7. The van der Waals surface area contributed by atoms with Crippen molar-refractivity contribution in [2.45, 2.75) is 80.3 Å². The summed E-state index contributed by atoms with van der Waals surface area (Å²) in [6.45, 7) is 15.6. The number of amides is 1. The van der Waals surface area contributed by atoms with Crippen LogP contribution >= 0.6 is 0 Å². The van der Waals surface area contributed by atoms with Gasteiger partial charge < -0.3 is 4.74 Å². The maximum atomic E-state index is 13.7. The number of rotatable bonds is 9. The van der Waals surface area contributed by atoms with E-state index in [2.05, 4.69) is 52.2 Å². The average Bonchev–Trinajstić information content (AvgIpc) is 2.71. The molecule has 0 radical (unpaired) electrons. The van der Waals surface area contributed by atoms with Gasteiger partial charge in [-0.2, -0.15) is 0 Å². The summed E-state index contributed by atoms with van der Waals surface area (Å²) >= 11 is 0. The third-order valence-corrected chi connectivity index (χ3v) is 5.80. The molecule has 0 bridgehead atoms. The number of hydrogen-bond donors (Lipinski definition) is 1. The first-order chi connectivity index (χ1) is 14.6. The third kappa shape index (κ3) is 6.33. The Bertz CT molecular complexity index is 863. The molecular formula is C27H40N2O2. The van der Waals surface area contributed by atoms with Gasteiger partial charge in [0.25, 0.3) is 5.91 Å². The van der Waals surface area contributed by atoms with Crippen molar-refractivity contribution < 1.29 is 9.53 Å². The molecule has 1 atom stereocenters. The Morgan fingerprint density at radius 1 is 1.10 bits per heavy atom. The minimum absolute atomic E-state index is 0.0288. The molecule has 0 spiro atoms. The number of carbonyl (C=O) groups is 1. The first kappa shape index (κ1) is 24.9. The highest BCUT2D eigenvalue weighted by atomic mass is 16.5. The van der Waals surface area contributed by atoms with E-state index in [1.165, 1.54) is 5.56 Å². The molecule has 4 nitrogen and oxygen atoms in total. The van der Waals surface area contributed by atoms with Crippen LogP contribution < -0.4 is 10.2 Å². The Hall–Kier alpha value is -2.33. The Morgan fingerprint density at radius 3 is 2.26 bits per heavy atom. The molecule has 0 aliphatic carbocycles. The number of ether oxygens (including phenoxy) is 1. The lowest BCUT2D eigenvalue weighted by atomic mass is 9.83. The minimum atomic E-state index is -0.0560. The monoisotopic (exact) mass is 424 g/mol. The molecule has 0 aliphatic rings. The first-order valence-corrected chi connectivity index (χ1v) is 11.4. The number of carbonyl (C=O) groups excluding carboxylic acids is 1. The molecule has 0 heterocycles. The Kier molecular flexibility index (Phi) is 8.69. The van der Waals surface area contributed by atoms with Gasteiger partial charge >= 0.3 is 0 Å². The molecule has 0 saturated heterocycles. The Labute approximate surface area is 189 Å². The van der Waals surface area contributed by atoms with Gasteiger partial charge in [0.2, 0.25) is 0 Å². The van der Waals surface area contributed by atoms with Crippen molar-refractivity contribution in [3.8, 4) is 5.75 Å². The van der Waals surface area contributed by atoms with Gasteiger partial charge in [-0.15, -0.1) is 0 Å². The Balaban J connectivity index is 2.44. The number of benzene rings is 2. The van der Waals surface area contributed by atoms with Crippen LogP contribution in [0.4, 0.5) is 0 Å². The lowest BCUT2D eigenvalue weighted by Gasteiger charge is -2.40. The van der Waals surface area contributed by atoms with Gasteiger partial charge in [-0.1, -0.05) is 70.4 Å². The van der Waals surface area contributed by atoms with E-state index >= 15 is 0 Å². The normalized spacial score (nSPS) is 12.5. The highest BCUT2D eigenvalue weighted by Gasteiger charge is 2.33. The molecule has 1 N–H and O–H groups in total. The average molecular weight is 425 g/mol. The Morgan fingerprint density at radius 2 is 1.74 bits per heavy atom. The van der Waals surface area contributed by atoms with Crippen molar-refractivity contribution in [3.05, 3.63) is 64.2 Å². The second kappa shape index (κ2) is 10.8. The molecule has 31 heavy (non-hydrogen) atoms. The van der Waals surface area contributed by atoms with Crippen LogP contribution in [0.5, 0.6) is 5.75 Å². The van der Waals surface area contributed by atoms with Crippen molar-refractivity contribution >= 4 is 5.91 Å². The van der Waals surface area contributed by atoms with Gasteiger partial charge in [-0.25, -0.2) is 5.43 Å². The summed E-state index contributed by atoms with van der Waals surface area (Å²) in [4.78, 5) is 13.7. The van der Waals surface area contributed by atoms with Crippen LogP contribution in [-0.2, 0) is 13.0 Å². The standard InChI is InChI=1S/C27H40N2O2/c1-9-12-25(27(5,6)7)29(26(30)22-16-19(3)15-20(4)17-22)28-18-21-13-11-14-24(31-8)23(21)10-2/h11,13-17,25,28H,9-10,12,18H2,1-8H3.